The third kappa shape index (κ3) is 4.64. The van der Waals surface area contributed by atoms with Gasteiger partial charge in [-0.05, 0) is 92.6 Å². The molecule has 0 radical (unpaired) electrons. The number of rotatable bonds is 5. The summed E-state index contributed by atoms with van der Waals surface area (Å²) in [5.74, 6) is 0.269. The van der Waals surface area contributed by atoms with E-state index in [1.807, 2.05) is 0 Å². The molecular weight excluding hydrogens is 475 g/mol. The Morgan fingerprint density at radius 3 is 2.31 bits per heavy atom. The molecule has 9 nitrogen and oxygen atoms in total. The molecule has 1 aromatic carbocycles. The molecule has 35 heavy (non-hydrogen) atoms. The van der Waals surface area contributed by atoms with E-state index in [9.17, 15) is 13.2 Å². The molecule has 2 aliphatic carbocycles. The Balaban J connectivity index is 0.00000152. The first-order valence-corrected chi connectivity index (χ1v) is 13.8. The fourth-order valence-electron chi connectivity index (χ4n) is 6.50. The van der Waals surface area contributed by atoms with Gasteiger partial charge in [0.2, 0.25) is 0 Å². The number of hydrogen-bond acceptors (Lipinski definition) is 5. The molecule has 4 heterocycles. The Morgan fingerprint density at radius 2 is 1.77 bits per heavy atom. The van der Waals surface area contributed by atoms with E-state index in [1.54, 1.807) is 24.1 Å². The van der Waals surface area contributed by atoms with Crippen molar-refractivity contribution in [1.82, 2.24) is 19.4 Å². The molecule has 2 bridgehead atoms. The molecule has 2 aromatic rings. The summed E-state index contributed by atoms with van der Waals surface area (Å²) in [7, 11) is -2.37. The van der Waals surface area contributed by atoms with Crippen LogP contribution in [0.4, 0.5) is 16.2 Å². The van der Waals surface area contributed by atoms with Gasteiger partial charge < -0.3 is 11.6 Å². The number of aryl methyl sites for hydroxylation is 3. The second-order valence-electron chi connectivity index (χ2n) is 10.2. The van der Waals surface area contributed by atoms with E-state index < -0.39 is 16.2 Å². The van der Waals surface area contributed by atoms with Crippen LogP contribution in [0.25, 0.3) is 0 Å². The SMILES string of the molecule is Cn1cc(N(C2CN3CCC2CC3)S(=O)(=O)NC(=O)Nc2c3c(cc4c2CCC4)CCC3)cn1.[H-].[Na+]. The van der Waals surface area contributed by atoms with E-state index in [0.717, 1.165) is 70.1 Å². The molecule has 3 fully saturated rings. The van der Waals surface area contributed by atoms with Crippen molar-refractivity contribution in [2.75, 3.05) is 29.3 Å². The first kappa shape index (κ1) is 25.1. The van der Waals surface area contributed by atoms with Crippen LogP contribution >= 0.6 is 0 Å². The Hall–Kier alpha value is -1.59. The Morgan fingerprint density at radius 1 is 1.11 bits per heavy atom. The van der Waals surface area contributed by atoms with Crippen LogP contribution in [0.1, 0.15) is 49.4 Å². The first-order valence-electron chi connectivity index (χ1n) is 12.4. The van der Waals surface area contributed by atoms with E-state index in [-0.39, 0.29) is 42.9 Å². The van der Waals surface area contributed by atoms with Crippen LogP contribution < -0.4 is 43.9 Å². The van der Waals surface area contributed by atoms with E-state index >= 15 is 0 Å². The van der Waals surface area contributed by atoms with Gasteiger partial charge in [0.05, 0.1) is 17.9 Å². The van der Waals surface area contributed by atoms with E-state index in [0.29, 0.717) is 12.2 Å². The number of hydrogen-bond donors (Lipinski definition) is 2. The first-order chi connectivity index (χ1) is 16.4. The third-order valence-electron chi connectivity index (χ3n) is 8.06. The van der Waals surface area contributed by atoms with Gasteiger partial charge in [0.25, 0.3) is 0 Å². The van der Waals surface area contributed by atoms with Crippen molar-refractivity contribution in [3.8, 4) is 0 Å². The number of benzene rings is 1. The minimum absolute atomic E-state index is 0. The summed E-state index contributed by atoms with van der Waals surface area (Å²) >= 11 is 0. The standard InChI is InChI=1S/C24H32N6O3S.Na.H/c1-28-14-19(13-25-28)30(22-15-29-10-8-16(22)9-11-29)34(32,33)27-24(31)26-23-20-6-2-4-17(20)12-18-5-3-7-21(18)23;;/h12-14,16,22H,2-11,15H2,1H3,(H2,26,27,31);;/q;+1;-1. The second-order valence-corrected chi connectivity index (χ2v) is 11.7. The molecule has 3 aliphatic heterocycles. The zero-order valence-corrected chi connectivity index (χ0v) is 23.4. The molecule has 5 aliphatic rings. The van der Waals surface area contributed by atoms with Gasteiger partial charge in [-0.2, -0.15) is 13.5 Å². The number of carbonyl (C=O) groups excluding carboxylic acids is 1. The van der Waals surface area contributed by atoms with Crippen LogP contribution in [0.2, 0.25) is 0 Å². The monoisotopic (exact) mass is 508 g/mol. The zero-order valence-electron chi connectivity index (χ0n) is 21.6. The molecule has 0 spiro atoms. The topological polar surface area (TPSA) is 99.6 Å². The maximum Gasteiger partial charge on any atom is 1.00 e. The molecular formula is C24H33N6NaO3S. The maximum atomic E-state index is 13.7. The van der Waals surface area contributed by atoms with Crippen LogP contribution in [-0.2, 0) is 42.9 Å². The third-order valence-corrected chi connectivity index (χ3v) is 9.50. The quantitative estimate of drug-likeness (QED) is 0.530. The van der Waals surface area contributed by atoms with E-state index in [1.165, 1.54) is 26.6 Å². The average Bonchev–Trinajstić information content (AvgIpc) is 3.55. The smallest absolute Gasteiger partial charge is 1.00 e. The van der Waals surface area contributed by atoms with Gasteiger partial charge in [-0.1, -0.05) is 6.07 Å². The van der Waals surface area contributed by atoms with Crippen molar-refractivity contribution in [3.05, 3.63) is 40.7 Å². The minimum atomic E-state index is -4.14. The molecule has 1 unspecified atom stereocenters. The van der Waals surface area contributed by atoms with Crippen LogP contribution in [0, 0.1) is 5.92 Å². The van der Waals surface area contributed by atoms with Crippen LogP contribution in [0.5, 0.6) is 0 Å². The number of amides is 2. The Kier molecular flexibility index (Phi) is 6.95. The summed E-state index contributed by atoms with van der Waals surface area (Å²) < 4.78 is 32.7. The van der Waals surface area contributed by atoms with Crippen molar-refractivity contribution in [3.63, 3.8) is 0 Å². The maximum absolute atomic E-state index is 13.7. The van der Waals surface area contributed by atoms with Crippen molar-refractivity contribution in [2.45, 2.75) is 57.4 Å². The molecule has 1 aromatic heterocycles. The van der Waals surface area contributed by atoms with Gasteiger partial charge in [0.1, 0.15) is 0 Å². The van der Waals surface area contributed by atoms with Gasteiger partial charge in [0.15, 0.2) is 0 Å². The van der Waals surface area contributed by atoms with Crippen molar-refractivity contribution in [2.24, 2.45) is 13.0 Å². The van der Waals surface area contributed by atoms with Crippen molar-refractivity contribution >= 4 is 27.6 Å². The number of carbonyl (C=O) groups is 1. The molecule has 3 saturated heterocycles. The number of aromatic nitrogens is 2. The summed E-state index contributed by atoms with van der Waals surface area (Å²) in [5.41, 5.74) is 6.27. The van der Waals surface area contributed by atoms with Crippen molar-refractivity contribution in [1.29, 1.82) is 0 Å². The second kappa shape index (κ2) is 9.70. The van der Waals surface area contributed by atoms with E-state index in [4.69, 9.17) is 0 Å². The van der Waals surface area contributed by atoms with Gasteiger partial charge in [-0.15, -0.1) is 0 Å². The number of anilines is 2. The number of fused-ring (bicyclic) bond motifs is 5. The zero-order chi connectivity index (χ0) is 23.4. The number of nitrogens with zero attached hydrogens (tertiary/aromatic N) is 4. The molecule has 2 N–H and O–H groups in total. The summed E-state index contributed by atoms with van der Waals surface area (Å²) in [6.07, 6.45) is 11.2. The average molecular weight is 509 g/mol. The van der Waals surface area contributed by atoms with Crippen LogP contribution in [0.3, 0.4) is 0 Å². The molecule has 184 valence electrons. The van der Waals surface area contributed by atoms with Crippen molar-refractivity contribution < 1.29 is 44.2 Å². The van der Waals surface area contributed by atoms with Crippen LogP contribution in [-0.4, -0.2) is 54.8 Å². The van der Waals surface area contributed by atoms with Gasteiger partial charge >= 0.3 is 45.8 Å². The summed E-state index contributed by atoms with van der Waals surface area (Å²) in [6, 6.07) is 1.38. The largest absolute Gasteiger partial charge is 1.00 e. The number of urea groups is 1. The summed E-state index contributed by atoms with van der Waals surface area (Å²) in [4.78, 5) is 15.5. The molecule has 0 saturated carbocycles. The molecule has 11 heteroatoms. The summed E-state index contributed by atoms with van der Waals surface area (Å²) in [6.45, 7) is 2.67. The Bertz CT molecular complexity index is 1210. The number of nitrogens with one attached hydrogen (secondary N) is 2. The van der Waals surface area contributed by atoms with Gasteiger partial charge in [0, 0.05) is 25.5 Å². The van der Waals surface area contributed by atoms with Gasteiger partial charge in [-0.25, -0.2) is 13.8 Å². The normalized spacial score (nSPS) is 24.4. The minimum Gasteiger partial charge on any atom is -1.00 e. The predicted molar refractivity (Wildman–Crippen MR) is 131 cm³/mol. The number of piperidine rings is 3. The summed E-state index contributed by atoms with van der Waals surface area (Å²) in [5, 5.41) is 7.16. The van der Waals surface area contributed by atoms with Gasteiger partial charge in [-0.3, -0.25) is 4.68 Å². The van der Waals surface area contributed by atoms with E-state index in [2.05, 4.69) is 26.1 Å². The molecule has 2 amide bonds. The fourth-order valence-corrected chi connectivity index (χ4v) is 7.85. The van der Waals surface area contributed by atoms with Crippen LogP contribution in [0.15, 0.2) is 18.5 Å². The molecule has 7 rings (SSSR count). The predicted octanol–water partition coefficient (Wildman–Crippen LogP) is -0.519. The Labute approximate surface area is 230 Å². The fraction of sp³-hybridized carbons (Fsp3) is 0.583. The molecule has 1 atom stereocenters.